The number of piperazine rings is 1. The van der Waals surface area contributed by atoms with Crippen LogP contribution in [0.25, 0.3) is 0 Å². The van der Waals surface area contributed by atoms with E-state index in [0.717, 1.165) is 32.6 Å². The van der Waals surface area contributed by atoms with Crippen LogP contribution >= 0.6 is 0 Å². The van der Waals surface area contributed by atoms with Crippen molar-refractivity contribution in [2.24, 2.45) is 0 Å². The van der Waals surface area contributed by atoms with Gasteiger partial charge in [-0.1, -0.05) is 6.92 Å². The van der Waals surface area contributed by atoms with Gasteiger partial charge in [0, 0.05) is 38.3 Å². The first-order chi connectivity index (χ1) is 9.35. The molecule has 0 unspecified atom stereocenters. The van der Waals surface area contributed by atoms with Crippen LogP contribution in [0, 0.1) is 0 Å². The predicted octanol–water partition coefficient (Wildman–Crippen LogP) is 0.677. The fourth-order valence-corrected chi connectivity index (χ4v) is 2.81. The molecule has 1 saturated heterocycles. The van der Waals surface area contributed by atoms with Gasteiger partial charge in [0.25, 0.3) is 0 Å². The normalized spacial score (nSPS) is 24.6. The first kappa shape index (κ1) is 17.4. The summed E-state index contributed by atoms with van der Waals surface area (Å²) in [5.41, 5.74) is 0. The third-order valence-corrected chi connectivity index (χ3v) is 3.96. The molecule has 0 radical (unpaired) electrons. The molecule has 0 saturated carbocycles. The number of nitrogens with zero attached hydrogens (tertiary/aromatic N) is 2. The van der Waals surface area contributed by atoms with Gasteiger partial charge in [-0.25, -0.2) is 0 Å². The van der Waals surface area contributed by atoms with Crippen molar-refractivity contribution in [1.82, 2.24) is 15.1 Å². The van der Waals surface area contributed by atoms with Crippen LogP contribution in [0.5, 0.6) is 0 Å². The number of aliphatic hydroxyl groups excluding tert-OH is 1. The van der Waals surface area contributed by atoms with Crippen LogP contribution in [0.3, 0.4) is 0 Å². The van der Waals surface area contributed by atoms with Gasteiger partial charge in [-0.15, -0.1) is 0 Å². The second kappa shape index (κ2) is 7.96. The molecule has 1 fully saturated rings. The molecule has 20 heavy (non-hydrogen) atoms. The summed E-state index contributed by atoms with van der Waals surface area (Å²) < 4.78 is 0. The van der Waals surface area contributed by atoms with Crippen LogP contribution in [-0.4, -0.2) is 71.2 Å². The summed E-state index contributed by atoms with van der Waals surface area (Å²) in [7, 11) is 0. The van der Waals surface area contributed by atoms with Gasteiger partial charge in [-0.05, 0) is 34.1 Å². The molecule has 0 aromatic carbocycles. The van der Waals surface area contributed by atoms with E-state index in [1.54, 1.807) is 0 Å². The van der Waals surface area contributed by atoms with Crippen LogP contribution in [0.15, 0.2) is 0 Å². The predicted molar refractivity (Wildman–Crippen MR) is 81.6 cm³/mol. The van der Waals surface area contributed by atoms with E-state index in [2.05, 4.69) is 22.0 Å². The zero-order valence-corrected chi connectivity index (χ0v) is 13.6. The van der Waals surface area contributed by atoms with Gasteiger partial charge in [0.2, 0.25) is 5.91 Å². The van der Waals surface area contributed by atoms with E-state index in [0.29, 0.717) is 6.04 Å². The van der Waals surface area contributed by atoms with Gasteiger partial charge < -0.3 is 10.4 Å². The van der Waals surface area contributed by atoms with Gasteiger partial charge in [-0.2, -0.15) is 0 Å². The van der Waals surface area contributed by atoms with Crippen LogP contribution in [0.2, 0.25) is 0 Å². The number of aliphatic hydroxyl groups is 1. The smallest absolute Gasteiger partial charge is 0.237 e. The Labute approximate surface area is 123 Å². The molecule has 0 aliphatic carbocycles. The minimum absolute atomic E-state index is 0.0832. The molecule has 1 heterocycles. The molecule has 0 bridgehead atoms. The van der Waals surface area contributed by atoms with Crippen molar-refractivity contribution in [2.45, 2.75) is 65.3 Å². The lowest BCUT2D eigenvalue weighted by Crippen LogP contribution is -2.59. The quantitative estimate of drug-likeness (QED) is 0.753. The standard InChI is InChI=1S/C15H31N3O2/c1-6-14-10-17(7-8-18(14)9-12(4)19)13(5)15(20)16-11(2)3/h11-14,19H,6-10H2,1-5H3,(H,16,20)/t12-,13+,14-/m1/s1. The molecule has 1 rings (SSSR count). The zero-order valence-electron chi connectivity index (χ0n) is 13.6. The molecular formula is C15H31N3O2. The molecule has 5 heteroatoms. The Hall–Kier alpha value is -0.650. The number of rotatable bonds is 6. The fourth-order valence-electron chi connectivity index (χ4n) is 2.81. The van der Waals surface area contributed by atoms with Crippen LogP contribution in [-0.2, 0) is 4.79 Å². The van der Waals surface area contributed by atoms with Crippen LogP contribution in [0.1, 0.15) is 41.0 Å². The van der Waals surface area contributed by atoms with E-state index in [-0.39, 0.29) is 24.1 Å². The maximum Gasteiger partial charge on any atom is 0.237 e. The molecule has 0 aromatic rings. The summed E-state index contributed by atoms with van der Waals surface area (Å²) in [5.74, 6) is 0.110. The number of β-amino-alcohol motifs (C(OH)–C–C–N with tert-alkyl or cyclic N) is 1. The molecule has 118 valence electrons. The van der Waals surface area contributed by atoms with Crippen LogP contribution in [0.4, 0.5) is 0 Å². The summed E-state index contributed by atoms with van der Waals surface area (Å²) in [6.07, 6.45) is 0.749. The summed E-state index contributed by atoms with van der Waals surface area (Å²) in [5, 5.41) is 12.5. The van der Waals surface area contributed by atoms with Gasteiger partial charge in [0.1, 0.15) is 0 Å². The summed E-state index contributed by atoms with van der Waals surface area (Å²) in [6, 6.07) is 0.524. The number of hydrogen-bond donors (Lipinski definition) is 2. The van der Waals surface area contributed by atoms with E-state index in [9.17, 15) is 9.90 Å². The highest BCUT2D eigenvalue weighted by Gasteiger charge is 2.31. The van der Waals surface area contributed by atoms with E-state index < -0.39 is 0 Å². The monoisotopic (exact) mass is 285 g/mol. The minimum atomic E-state index is -0.294. The van der Waals surface area contributed by atoms with E-state index in [1.807, 2.05) is 27.7 Å². The minimum Gasteiger partial charge on any atom is -0.392 e. The number of carbonyl (C=O) groups excluding carboxylic acids is 1. The van der Waals surface area contributed by atoms with Crippen molar-refractivity contribution in [1.29, 1.82) is 0 Å². The molecule has 1 aliphatic heterocycles. The molecule has 0 aromatic heterocycles. The van der Waals surface area contributed by atoms with Crippen molar-refractivity contribution in [2.75, 3.05) is 26.2 Å². The van der Waals surface area contributed by atoms with Crippen molar-refractivity contribution in [3.63, 3.8) is 0 Å². The number of nitrogens with one attached hydrogen (secondary N) is 1. The maximum atomic E-state index is 12.1. The summed E-state index contributed by atoms with van der Waals surface area (Å²) >= 11 is 0. The second-order valence-electron chi connectivity index (χ2n) is 6.24. The number of hydrogen-bond acceptors (Lipinski definition) is 4. The van der Waals surface area contributed by atoms with Crippen LogP contribution < -0.4 is 5.32 Å². The fraction of sp³-hybridized carbons (Fsp3) is 0.933. The number of carbonyl (C=O) groups is 1. The first-order valence-electron chi connectivity index (χ1n) is 7.81. The highest BCUT2D eigenvalue weighted by atomic mass is 16.3. The maximum absolute atomic E-state index is 12.1. The lowest BCUT2D eigenvalue weighted by Gasteiger charge is -2.43. The van der Waals surface area contributed by atoms with E-state index in [4.69, 9.17) is 0 Å². The molecule has 3 atom stereocenters. The van der Waals surface area contributed by atoms with Crippen molar-refractivity contribution in [3.05, 3.63) is 0 Å². The highest BCUT2D eigenvalue weighted by molar-refractivity contribution is 5.81. The lowest BCUT2D eigenvalue weighted by molar-refractivity contribution is -0.127. The Morgan fingerprint density at radius 1 is 1.30 bits per heavy atom. The second-order valence-corrected chi connectivity index (χ2v) is 6.24. The first-order valence-corrected chi connectivity index (χ1v) is 7.81. The largest absolute Gasteiger partial charge is 0.392 e. The van der Waals surface area contributed by atoms with Gasteiger partial charge in [0.15, 0.2) is 0 Å². The Morgan fingerprint density at radius 3 is 2.45 bits per heavy atom. The molecule has 2 N–H and O–H groups in total. The zero-order chi connectivity index (χ0) is 15.3. The summed E-state index contributed by atoms with van der Waals surface area (Å²) in [4.78, 5) is 16.7. The average molecular weight is 285 g/mol. The van der Waals surface area contributed by atoms with Crippen molar-refractivity contribution in [3.8, 4) is 0 Å². The third-order valence-electron chi connectivity index (χ3n) is 3.96. The Bertz CT molecular complexity index is 307. The van der Waals surface area contributed by atoms with Crippen molar-refractivity contribution >= 4 is 5.91 Å². The highest BCUT2D eigenvalue weighted by Crippen LogP contribution is 2.15. The van der Waals surface area contributed by atoms with E-state index >= 15 is 0 Å². The molecular weight excluding hydrogens is 254 g/mol. The molecule has 1 aliphatic rings. The summed E-state index contributed by atoms with van der Waals surface area (Å²) in [6.45, 7) is 13.4. The molecule has 1 amide bonds. The Balaban J connectivity index is 2.57. The van der Waals surface area contributed by atoms with E-state index in [1.165, 1.54) is 0 Å². The van der Waals surface area contributed by atoms with Crippen molar-refractivity contribution < 1.29 is 9.90 Å². The third kappa shape index (κ3) is 5.04. The topological polar surface area (TPSA) is 55.8 Å². The van der Waals surface area contributed by atoms with Gasteiger partial charge in [0.05, 0.1) is 12.1 Å². The number of amides is 1. The van der Waals surface area contributed by atoms with Gasteiger partial charge in [-0.3, -0.25) is 14.6 Å². The average Bonchev–Trinajstić information content (AvgIpc) is 2.36. The van der Waals surface area contributed by atoms with Gasteiger partial charge >= 0.3 is 0 Å². The SMILES string of the molecule is CC[C@@H]1CN([C@@H](C)C(=O)NC(C)C)CCN1C[C@@H](C)O. The Morgan fingerprint density at radius 2 is 1.95 bits per heavy atom. The lowest BCUT2D eigenvalue weighted by atomic mass is 10.1. The molecule has 5 nitrogen and oxygen atoms in total. The molecule has 0 spiro atoms. The Kier molecular flexibility index (Phi) is 6.92.